The lowest BCUT2D eigenvalue weighted by Crippen LogP contribution is -2.29. The van der Waals surface area contributed by atoms with Crippen LogP contribution >= 0.6 is 11.6 Å². The molecule has 0 saturated carbocycles. The van der Waals surface area contributed by atoms with E-state index in [0.29, 0.717) is 30.2 Å². The van der Waals surface area contributed by atoms with Gasteiger partial charge < -0.3 is 10.0 Å². The molecular weight excluding hydrogens is 264 g/mol. The van der Waals surface area contributed by atoms with Crippen molar-refractivity contribution in [2.45, 2.75) is 12.5 Å². The number of amides is 1. The number of halogens is 1. The highest BCUT2D eigenvalue weighted by molar-refractivity contribution is 6.34. The van der Waals surface area contributed by atoms with Crippen LogP contribution in [0.5, 0.6) is 0 Å². The molecule has 0 spiro atoms. The molecule has 0 aliphatic carbocycles. The van der Waals surface area contributed by atoms with Gasteiger partial charge in [-0.3, -0.25) is 4.79 Å². The topological polar surface area (TPSA) is 53.4 Å². The number of aliphatic hydroxyl groups excluding tert-OH is 1. The Morgan fingerprint density at radius 2 is 2.11 bits per heavy atom. The van der Waals surface area contributed by atoms with E-state index in [4.69, 9.17) is 11.6 Å². The molecule has 4 nitrogen and oxygen atoms in total. The van der Waals surface area contributed by atoms with Gasteiger partial charge in [0.15, 0.2) is 0 Å². The first kappa shape index (κ1) is 12.4. The van der Waals surface area contributed by atoms with E-state index in [-0.39, 0.29) is 5.91 Å². The number of hydrogen-bond acceptors (Lipinski definition) is 3. The van der Waals surface area contributed by atoms with Crippen LogP contribution in [0.25, 0.3) is 10.8 Å². The van der Waals surface area contributed by atoms with E-state index in [0.717, 1.165) is 10.8 Å². The summed E-state index contributed by atoms with van der Waals surface area (Å²) >= 11 is 6.04. The fourth-order valence-electron chi connectivity index (χ4n) is 2.43. The van der Waals surface area contributed by atoms with Crippen LogP contribution in [0.2, 0.25) is 5.15 Å². The monoisotopic (exact) mass is 276 g/mol. The lowest BCUT2D eigenvalue weighted by molar-refractivity contribution is 0.0766. The summed E-state index contributed by atoms with van der Waals surface area (Å²) in [5.41, 5.74) is 0.536. The predicted octanol–water partition coefficient (Wildman–Crippen LogP) is 2.09. The third-order valence-corrected chi connectivity index (χ3v) is 3.73. The summed E-state index contributed by atoms with van der Waals surface area (Å²) in [4.78, 5) is 18.2. The van der Waals surface area contributed by atoms with Crippen molar-refractivity contribution >= 4 is 28.3 Å². The van der Waals surface area contributed by atoms with E-state index < -0.39 is 6.10 Å². The Balaban J connectivity index is 2.06. The molecule has 0 radical (unpaired) electrons. The van der Waals surface area contributed by atoms with Gasteiger partial charge in [0, 0.05) is 24.7 Å². The third kappa shape index (κ3) is 2.17. The van der Waals surface area contributed by atoms with Crippen molar-refractivity contribution in [3.63, 3.8) is 0 Å². The fraction of sp³-hybridized carbons (Fsp3) is 0.286. The van der Waals surface area contributed by atoms with Gasteiger partial charge in [0.2, 0.25) is 0 Å². The molecule has 5 heteroatoms. The normalized spacial score (nSPS) is 19.1. The number of hydrogen-bond donors (Lipinski definition) is 1. The maximum atomic E-state index is 12.4. The van der Waals surface area contributed by atoms with Gasteiger partial charge in [0.05, 0.1) is 11.7 Å². The summed E-state index contributed by atoms with van der Waals surface area (Å²) in [6, 6.07) is 7.45. The molecule has 1 aromatic carbocycles. The first-order valence-corrected chi connectivity index (χ1v) is 6.55. The second-order valence-electron chi connectivity index (χ2n) is 4.70. The molecule has 98 valence electrons. The zero-order valence-electron chi connectivity index (χ0n) is 10.2. The van der Waals surface area contributed by atoms with Gasteiger partial charge in [-0.15, -0.1) is 0 Å². The standard InChI is InChI=1S/C14H13ClN2O2/c15-13-11-4-2-1-3-10(11)12(7-16-13)14(19)17-6-5-9(18)8-17/h1-4,7,9,18H,5-6,8H2/t9-/m0/s1. The lowest BCUT2D eigenvalue weighted by Gasteiger charge is -2.16. The first-order valence-electron chi connectivity index (χ1n) is 6.17. The molecule has 1 N–H and O–H groups in total. The number of carbonyl (C=O) groups excluding carboxylic acids is 1. The van der Waals surface area contributed by atoms with Crippen LogP contribution in [-0.2, 0) is 0 Å². The molecule has 1 aromatic heterocycles. The van der Waals surface area contributed by atoms with Gasteiger partial charge in [0.1, 0.15) is 5.15 Å². The molecule has 1 atom stereocenters. The van der Waals surface area contributed by atoms with Crippen LogP contribution in [-0.4, -0.2) is 40.1 Å². The lowest BCUT2D eigenvalue weighted by atomic mass is 10.1. The van der Waals surface area contributed by atoms with E-state index >= 15 is 0 Å². The molecule has 19 heavy (non-hydrogen) atoms. The molecule has 1 aliphatic rings. The molecule has 1 aliphatic heterocycles. The zero-order chi connectivity index (χ0) is 13.4. The van der Waals surface area contributed by atoms with E-state index in [1.54, 1.807) is 4.90 Å². The van der Waals surface area contributed by atoms with Gasteiger partial charge >= 0.3 is 0 Å². The fourth-order valence-corrected chi connectivity index (χ4v) is 2.64. The summed E-state index contributed by atoms with van der Waals surface area (Å²) < 4.78 is 0. The number of likely N-dealkylation sites (tertiary alicyclic amines) is 1. The largest absolute Gasteiger partial charge is 0.391 e. The molecule has 0 unspecified atom stereocenters. The van der Waals surface area contributed by atoms with E-state index in [2.05, 4.69) is 4.98 Å². The Hall–Kier alpha value is -1.65. The van der Waals surface area contributed by atoms with Crippen molar-refractivity contribution in [2.24, 2.45) is 0 Å². The number of fused-ring (bicyclic) bond motifs is 1. The molecule has 1 saturated heterocycles. The second-order valence-corrected chi connectivity index (χ2v) is 5.06. The highest BCUT2D eigenvalue weighted by atomic mass is 35.5. The van der Waals surface area contributed by atoms with Gasteiger partial charge in [-0.05, 0) is 11.8 Å². The summed E-state index contributed by atoms with van der Waals surface area (Å²) in [6.45, 7) is 0.965. The SMILES string of the molecule is O=C(c1cnc(Cl)c2ccccc12)N1CC[C@H](O)C1. The van der Waals surface area contributed by atoms with Crippen LogP contribution < -0.4 is 0 Å². The number of nitrogens with zero attached hydrogens (tertiary/aromatic N) is 2. The number of carbonyl (C=O) groups is 1. The minimum Gasteiger partial charge on any atom is -0.391 e. The van der Waals surface area contributed by atoms with Crippen LogP contribution in [0.3, 0.4) is 0 Å². The van der Waals surface area contributed by atoms with Crippen LogP contribution in [0.1, 0.15) is 16.8 Å². The average Bonchev–Trinajstić information content (AvgIpc) is 2.86. The van der Waals surface area contributed by atoms with Gasteiger partial charge in [-0.1, -0.05) is 35.9 Å². The number of rotatable bonds is 1. The highest BCUT2D eigenvalue weighted by Gasteiger charge is 2.26. The molecule has 1 fully saturated rings. The van der Waals surface area contributed by atoms with Crippen molar-refractivity contribution in [3.8, 4) is 0 Å². The quantitative estimate of drug-likeness (QED) is 0.812. The van der Waals surface area contributed by atoms with Crippen LogP contribution in [0.15, 0.2) is 30.5 Å². The van der Waals surface area contributed by atoms with Gasteiger partial charge in [0.25, 0.3) is 5.91 Å². The molecule has 3 rings (SSSR count). The first-order chi connectivity index (χ1) is 9.16. The summed E-state index contributed by atoms with van der Waals surface area (Å²) in [6.07, 6.45) is 1.72. The predicted molar refractivity (Wildman–Crippen MR) is 73.3 cm³/mol. The number of benzene rings is 1. The van der Waals surface area contributed by atoms with Crippen molar-refractivity contribution in [1.82, 2.24) is 9.88 Å². The molecular formula is C14H13ClN2O2. The average molecular weight is 277 g/mol. The Morgan fingerprint density at radius 1 is 1.37 bits per heavy atom. The number of β-amino-alcohol motifs (C(OH)–C–C–N with tert-alkyl or cyclic N) is 1. The number of pyridine rings is 1. The van der Waals surface area contributed by atoms with Crippen LogP contribution in [0.4, 0.5) is 0 Å². The summed E-state index contributed by atoms with van der Waals surface area (Å²) in [7, 11) is 0. The van der Waals surface area contributed by atoms with Gasteiger partial charge in [-0.25, -0.2) is 4.98 Å². The maximum Gasteiger partial charge on any atom is 0.256 e. The Kier molecular flexibility index (Phi) is 3.12. The molecule has 1 amide bonds. The van der Waals surface area contributed by atoms with E-state index in [1.165, 1.54) is 6.20 Å². The molecule has 2 heterocycles. The minimum atomic E-state index is -0.421. The minimum absolute atomic E-state index is 0.100. The summed E-state index contributed by atoms with van der Waals surface area (Å²) in [5, 5.41) is 11.5. The second kappa shape index (κ2) is 4.79. The van der Waals surface area contributed by atoms with E-state index in [9.17, 15) is 9.90 Å². The molecule has 0 bridgehead atoms. The van der Waals surface area contributed by atoms with Crippen molar-refractivity contribution in [2.75, 3.05) is 13.1 Å². The molecule has 2 aromatic rings. The Labute approximate surface area is 115 Å². The van der Waals surface area contributed by atoms with Crippen molar-refractivity contribution < 1.29 is 9.90 Å². The van der Waals surface area contributed by atoms with Crippen molar-refractivity contribution in [3.05, 3.63) is 41.2 Å². The van der Waals surface area contributed by atoms with Crippen LogP contribution in [0, 0.1) is 0 Å². The maximum absolute atomic E-state index is 12.4. The smallest absolute Gasteiger partial charge is 0.256 e. The Morgan fingerprint density at radius 3 is 2.79 bits per heavy atom. The van der Waals surface area contributed by atoms with Gasteiger partial charge in [-0.2, -0.15) is 0 Å². The van der Waals surface area contributed by atoms with E-state index in [1.807, 2.05) is 24.3 Å². The van der Waals surface area contributed by atoms with Crippen molar-refractivity contribution in [1.29, 1.82) is 0 Å². The Bertz CT molecular complexity index is 644. The highest BCUT2D eigenvalue weighted by Crippen LogP contribution is 2.26. The third-order valence-electron chi connectivity index (χ3n) is 3.43. The number of aromatic nitrogens is 1. The summed E-state index contributed by atoms with van der Waals surface area (Å²) in [5.74, 6) is -0.100. The zero-order valence-corrected chi connectivity index (χ0v) is 11.0. The number of aliphatic hydroxyl groups is 1.